The van der Waals surface area contributed by atoms with Crippen LogP contribution in [0, 0.1) is 7.05 Å². The van der Waals surface area contributed by atoms with Gasteiger partial charge in [0.15, 0.2) is 0 Å². The van der Waals surface area contributed by atoms with Crippen LogP contribution in [0.4, 0.5) is 0 Å². The molecule has 0 amide bonds. The van der Waals surface area contributed by atoms with E-state index in [2.05, 4.69) is 14.0 Å². The second-order valence-electron chi connectivity index (χ2n) is 3.83. The first kappa shape index (κ1) is 13.3. The molecule has 0 spiro atoms. The second kappa shape index (κ2) is 5.52. The van der Waals surface area contributed by atoms with Crippen molar-refractivity contribution in [1.29, 1.82) is 0 Å². The average Bonchev–Trinajstić information content (AvgIpc) is 2.08. The van der Waals surface area contributed by atoms with Crippen LogP contribution in [-0.2, 0) is 14.3 Å². The Labute approximate surface area is 96.5 Å². The third-order valence-electron chi connectivity index (χ3n) is 2.37. The Morgan fingerprint density at radius 2 is 2.27 bits per heavy atom. The van der Waals surface area contributed by atoms with E-state index in [0.717, 1.165) is 31.5 Å². The van der Waals surface area contributed by atoms with Gasteiger partial charge in [-0.1, -0.05) is 6.92 Å². The Morgan fingerprint density at radius 1 is 1.60 bits per heavy atom. The topological polar surface area (TPSA) is 47.8 Å². The van der Waals surface area contributed by atoms with Crippen LogP contribution in [0.15, 0.2) is 0 Å². The first-order valence-corrected chi connectivity index (χ1v) is 7.95. The molecule has 1 N–H and O–H groups in total. The van der Waals surface area contributed by atoms with Crippen LogP contribution in [0.1, 0.15) is 13.3 Å². The molecule has 1 saturated heterocycles. The van der Waals surface area contributed by atoms with Crippen LogP contribution in [0.3, 0.4) is 0 Å². The highest BCUT2D eigenvalue weighted by Gasteiger charge is 2.31. The molecule has 0 bridgehead atoms. The third-order valence-corrected chi connectivity index (χ3v) is 4.19. The van der Waals surface area contributed by atoms with Crippen LogP contribution in [0.25, 0.3) is 0 Å². The lowest BCUT2D eigenvalue weighted by atomic mass is 10.1. The fourth-order valence-electron chi connectivity index (χ4n) is 1.77. The summed E-state index contributed by atoms with van der Waals surface area (Å²) in [5, 5.41) is 0.242. The van der Waals surface area contributed by atoms with Gasteiger partial charge in [0.1, 0.15) is 0 Å². The summed E-state index contributed by atoms with van der Waals surface area (Å²) in [5.41, 5.74) is 0. The van der Waals surface area contributed by atoms with E-state index in [4.69, 9.17) is 4.18 Å². The number of likely N-dealkylation sites (tertiary alicyclic amines) is 1. The standard InChI is InChI=1S/C9H19NO3S2/c1-4-14-9-7-10(2)6-5-8(9)13-15(3,11)12/h8-10H,2,4-7H2,1,3H3. The molecule has 0 saturated carbocycles. The molecule has 3 unspecified atom stereocenters. The monoisotopic (exact) mass is 253 g/mol. The van der Waals surface area contributed by atoms with Gasteiger partial charge >= 0.3 is 0 Å². The fourth-order valence-corrected chi connectivity index (χ4v) is 3.70. The molecule has 0 aromatic heterocycles. The molecule has 0 radical (unpaired) electrons. The molecule has 1 fully saturated rings. The van der Waals surface area contributed by atoms with Gasteiger partial charge in [-0.05, 0) is 5.75 Å². The number of quaternary nitrogens is 1. The average molecular weight is 253 g/mol. The molecule has 0 aromatic carbocycles. The van der Waals surface area contributed by atoms with E-state index in [-0.39, 0.29) is 11.4 Å². The number of hydrogen-bond acceptors (Lipinski definition) is 4. The number of piperidine rings is 1. The van der Waals surface area contributed by atoms with E-state index in [1.165, 1.54) is 4.90 Å². The fraction of sp³-hybridized carbons (Fsp3) is 0.889. The molecule has 1 aliphatic heterocycles. The number of hydrogen-bond donors (Lipinski definition) is 1. The van der Waals surface area contributed by atoms with Gasteiger partial charge in [-0.3, -0.25) is 4.18 Å². The Balaban J connectivity index is 2.60. The van der Waals surface area contributed by atoms with Crippen LogP contribution in [0.2, 0.25) is 0 Å². The first-order valence-electron chi connectivity index (χ1n) is 5.09. The maximum absolute atomic E-state index is 11.1. The van der Waals surface area contributed by atoms with Crippen LogP contribution < -0.4 is 4.90 Å². The highest BCUT2D eigenvalue weighted by Crippen LogP contribution is 2.21. The zero-order valence-corrected chi connectivity index (χ0v) is 10.9. The predicted molar refractivity (Wildman–Crippen MR) is 62.3 cm³/mol. The molecule has 6 heteroatoms. The van der Waals surface area contributed by atoms with Gasteiger partial charge in [0.25, 0.3) is 10.1 Å². The summed E-state index contributed by atoms with van der Waals surface area (Å²) in [6.45, 7) is 3.82. The van der Waals surface area contributed by atoms with Crippen LogP contribution >= 0.6 is 11.8 Å². The Kier molecular flexibility index (Phi) is 4.89. The maximum Gasteiger partial charge on any atom is 0.264 e. The molecule has 0 aromatic rings. The molecule has 1 heterocycles. The van der Waals surface area contributed by atoms with Crippen molar-refractivity contribution >= 4 is 21.9 Å². The lowest BCUT2D eigenvalue weighted by Crippen LogP contribution is -3.09. The van der Waals surface area contributed by atoms with E-state index >= 15 is 0 Å². The van der Waals surface area contributed by atoms with Crippen molar-refractivity contribution in [2.75, 3.05) is 25.1 Å². The largest absolute Gasteiger partial charge is 0.467 e. The third kappa shape index (κ3) is 4.72. The zero-order valence-electron chi connectivity index (χ0n) is 9.23. The van der Waals surface area contributed by atoms with Gasteiger partial charge in [0, 0.05) is 6.42 Å². The summed E-state index contributed by atoms with van der Waals surface area (Å²) in [5.74, 6) is 0.974. The predicted octanol–water partition coefficient (Wildman–Crippen LogP) is -0.467. The maximum atomic E-state index is 11.1. The molecule has 0 aliphatic carbocycles. The summed E-state index contributed by atoms with van der Waals surface area (Å²) in [4.78, 5) is 1.20. The minimum absolute atomic E-state index is 0.171. The minimum atomic E-state index is -3.34. The van der Waals surface area contributed by atoms with E-state index in [9.17, 15) is 8.42 Å². The summed E-state index contributed by atoms with van der Waals surface area (Å²) in [7, 11) is 0.624. The van der Waals surface area contributed by atoms with E-state index < -0.39 is 10.1 Å². The van der Waals surface area contributed by atoms with Crippen molar-refractivity contribution in [2.45, 2.75) is 24.7 Å². The van der Waals surface area contributed by atoms with E-state index in [1.54, 1.807) is 11.8 Å². The molecular weight excluding hydrogens is 234 g/mol. The van der Waals surface area contributed by atoms with Crippen LogP contribution in [-0.4, -0.2) is 44.9 Å². The van der Waals surface area contributed by atoms with Crippen molar-refractivity contribution in [2.24, 2.45) is 0 Å². The molecule has 90 valence electrons. The Bertz CT molecular complexity index is 292. The first-order chi connectivity index (χ1) is 6.92. The normalized spacial score (nSPS) is 32.9. The molecule has 3 atom stereocenters. The SMILES string of the molecule is [CH2-][NH+]1CCC(OS(C)(=O)=O)C(SCC)C1. The quantitative estimate of drug-likeness (QED) is 0.544. The number of rotatable bonds is 4. The number of thioether (sulfide) groups is 1. The molecule has 1 rings (SSSR count). The van der Waals surface area contributed by atoms with Crippen molar-refractivity contribution in [3.63, 3.8) is 0 Å². The second-order valence-corrected chi connectivity index (χ2v) is 6.94. The van der Waals surface area contributed by atoms with Gasteiger partial charge in [0.2, 0.25) is 0 Å². The molecule has 15 heavy (non-hydrogen) atoms. The highest BCUT2D eigenvalue weighted by atomic mass is 32.2. The van der Waals surface area contributed by atoms with Crippen molar-refractivity contribution in [3.8, 4) is 0 Å². The van der Waals surface area contributed by atoms with Gasteiger partial charge in [-0.2, -0.15) is 27.2 Å². The van der Waals surface area contributed by atoms with Gasteiger partial charge < -0.3 is 4.90 Å². The minimum Gasteiger partial charge on any atom is -0.467 e. The smallest absolute Gasteiger partial charge is 0.264 e. The van der Waals surface area contributed by atoms with Gasteiger partial charge in [-0.25, -0.2) is 0 Å². The lowest BCUT2D eigenvalue weighted by Gasteiger charge is -2.36. The van der Waals surface area contributed by atoms with Gasteiger partial charge in [-0.15, -0.1) is 0 Å². The molecule has 4 nitrogen and oxygen atoms in total. The Hall–Kier alpha value is 0.220. The summed E-state index contributed by atoms with van der Waals surface area (Å²) in [6.07, 6.45) is 1.71. The van der Waals surface area contributed by atoms with Crippen molar-refractivity contribution in [1.82, 2.24) is 0 Å². The van der Waals surface area contributed by atoms with Crippen molar-refractivity contribution in [3.05, 3.63) is 7.05 Å². The summed E-state index contributed by atoms with van der Waals surface area (Å²) in [6, 6.07) is 0. The summed E-state index contributed by atoms with van der Waals surface area (Å²) < 4.78 is 27.3. The van der Waals surface area contributed by atoms with E-state index in [1.807, 2.05) is 0 Å². The highest BCUT2D eigenvalue weighted by molar-refractivity contribution is 8.00. The van der Waals surface area contributed by atoms with Gasteiger partial charge in [0.05, 0.1) is 30.7 Å². The molecule has 1 aliphatic rings. The lowest BCUT2D eigenvalue weighted by molar-refractivity contribution is -0.859. The van der Waals surface area contributed by atoms with Crippen molar-refractivity contribution < 1.29 is 17.5 Å². The zero-order chi connectivity index (χ0) is 11.5. The Morgan fingerprint density at radius 3 is 2.80 bits per heavy atom. The van der Waals surface area contributed by atoms with Crippen LogP contribution in [0.5, 0.6) is 0 Å². The summed E-state index contributed by atoms with van der Waals surface area (Å²) >= 11 is 1.75. The number of nitrogens with one attached hydrogen (secondary N) is 1. The van der Waals surface area contributed by atoms with E-state index in [0.29, 0.717) is 0 Å². The molecular formula is C9H19NO3S2.